The number of hydrogen-bond donors (Lipinski definition) is 3. The van der Waals surface area contributed by atoms with Gasteiger partial charge in [0, 0.05) is 6.20 Å². The highest BCUT2D eigenvalue weighted by Crippen LogP contribution is 2.32. The van der Waals surface area contributed by atoms with Crippen LogP contribution >= 0.6 is 22.6 Å². The molecule has 1 fully saturated rings. The number of aliphatic hydroxyl groups is 2. The molecular weight excluding hydrogens is 362 g/mol. The van der Waals surface area contributed by atoms with Gasteiger partial charge in [-0.2, -0.15) is 0 Å². The Balaban J connectivity index is 2.63. The minimum Gasteiger partial charge on any atom is -0.393 e. The lowest BCUT2D eigenvalue weighted by atomic mass is 10.0. The van der Waals surface area contributed by atoms with Crippen LogP contribution in [0.4, 0.5) is 4.39 Å². The van der Waals surface area contributed by atoms with Gasteiger partial charge in [0.2, 0.25) is 5.72 Å². The highest BCUT2D eigenvalue weighted by atomic mass is 127. The van der Waals surface area contributed by atoms with Gasteiger partial charge in [-0.25, -0.2) is 9.18 Å². The van der Waals surface area contributed by atoms with Crippen molar-refractivity contribution in [3.8, 4) is 0 Å². The van der Waals surface area contributed by atoms with Crippen molar-refractivity contribution in [2.45, 2.75) is 18.0 Å². The van der Waals surface area contributed by atoms with E-state index < -0.39 is 42.5 Å². The predicted octanol–water partition coefficient (Wildman–Crippen LogP) is -1.48. The van der Waals surface area contributed by atoms with Crippen molar-refractivity contribution in [2.75, 3.05) is 13.2 Å². The van der Waals surface area contributed by atoms with E-state index in [2.05, 4.69) is 0 Å². The maximum Gasteiger partial charge on any atom is 0.330 e. The number of hydrogen-bond acceptors (Lipinski definition) is 5. The lowest BCUT2D eigenvalue weighted by molar-refractivity contribution is -0.137. The summed E-state index contributed by atoms with van der Waals surface area (Å²) in [6.45, 7) is -1.09. The molecular formula is C9H10FIN2O5. The maximum atomic E-state index is 13.8. The third-order valence-corrected chi connectivity index (χ3v) is 3.60. The number of alkyl halides is 1. The predicted molar refractivity (Wildman–Crippen MR) is 66.0 cm³/mol. The first-order valence-electron chi connectivity index (χ1n) is 5.02. The van der Waals surface area contributed by atoms with Gasteiger partial charge in [0.15, 0.2) is 6.17 Å². The Morgan fingerprint density at radius 2 is 2.33 bits per heavy atom. The van der Waals surface area contributed by atoms with Crippen LogP contribution < -0.4 is 11.2 Å². The lowest BCUT2D eigenvalue weighted by Crippen LogP contribution is -2.55. The number of ether oxygens (including phenoxy) is 1. The molecule has 0 radical (unpaired) electrons. The van der Waals surface area contributed by atoms with Crippen molar-refractivity contribution in [1.29, 1.82) is 0 Å². The minimum absolute atomic E-state index is 0.108. The minimum atomic E-state index is -2.32. The van der Waals surface area contributed by atoms with Gasteiger partial charge in [-0.15, -0.1) is 0 Å². The number of halogens is 2. The number of aromatic amines is 1. The van der Waals surface area contributed by atoms with Crippen LogP contribution in [0.2, 0.25) is 0 Å². The van der Waals surface area contributed by atoms with E-state index >= 15 is 0 Å². The quantitative estimate of drug-likeness (QED) is 0.550. The van der Waals surface area contributed by atoms with Crippen LogP contribution in [0.1, 0.15) is 0 Å². The standard InChI is InChI=1S/C9H10FIN2O5/c10-5-3-18-6(2-14)9(5,17)13-1-4(11)7(15)12-8(13)16/h1,5-6,14,17H,2-3H2,(H,12,15,16)/t5-,6+,9+/m0/s1. The van der Waals surface area contributed by atoms with E-state index in [4.69, 9.17) is 9.84 Å². The molecule has 100 valence electrons. The Labute approximate surface area is 113 Å². The van der Waals surface area contributed by atoms with Crippen molar-refractivity contribution in [1.82, 2.24) is 9.55 Å². The molecule has 0 amide bonds. The topological polar surface area (TPSA) is 105 Å². The van der Waals surface area contributed by atoms with Crippen molar-refractivity contribution in [2.24, 2.45) is 0 Å². The van der Waals surface area contributed by atoms with Gasteiger partial charge in [0.05, 0.1) is 16.8 Å². The molecule has 0 unspecified atom stereocenters. The molecule has 1 aromatic rings. The van der Waals surface area contributed by atoms with E-state index in [1.807, 2.05) is 4.98 Å². The summed E-state index contributed by atoms with van der Waals surface area (Å²) in [6, 6.07) is 0. The van der Waals surface area contributed by atoms with Gasteiger partial charge in [-0.3, -0.25) is 14.3 Å². The van der Waals surface area contributed by atoms with Crippen LogP contribution in [0, 0.1) is 3.57 Å². The van der Waals surface area contributed by atoms with Gasteiger partial charge in [-0.05, 0) is 22.6 Å². The number of aliphatic hydroxyl groups excluding tert-OH is 1. The zero-order valence-electron chi connectivity index (χ0n) is 8.97. The molecule has 18 heavy (non-hydrogen) atoms. The van der Waals surface area contributed by atoms with Crippen molar-refractivity contribution in [3.63, 3.8) is 0 Å². The van der Waals surface area contributed by atoms with E-state index in [1.165, 1.54) is 0 Å². The van der Waals surface area contributed by atoms with Gasteiger partial charge < -0.3 is 14.9 Å². The summed E-state index contributed by atoms with van der Waals surface area (Å²) in [7, 11) is 0. The molecule has 0 saturated carbocycles. The summed E-state index contributed by atoms with van der Waals surface area (Å²) in [6.07, 6.45) is -2.12. The molecule has 9 heteroatoms. The number of H-pyrrole nitrogens is 1. The third kappa shape index (κ3) is 1.90. The van der Waals surface area contributed by atoms with Crippen LogP contribution in [-0.2, 0) is 10.5 Å². The Bertz CT molecular complexity index is 573. The fourth-order valence-corrected chi connectivity index (χ4v) is 2.27. The summed E-state index contributed by atoms with van der Waals surface area (Å²) in [5.74, 6) is 0. The highest BCUT2D eigenvalue weighted by Gasteiger charge is 2.53. The van der Waals surface area contributed by atoms with Crippen molar-refractivity contribution < 1.29 is 19.3 Å². The third-order valence-electron chi connectivity index (χ3n) is 2.83. The molecule has 3 atom stereocenters. The van der Waals surface area contributed by atoms with Gasteiger partial charge in [-0.1, -0.05) is 0 Å². The van der Waals surface area contributed by atoms with E-state index in [9.17, 15) is 19.1 Å². The molecule has 0 aromatic carbocycles. The molecule has 1 aliphatic rings. The molecule has 2 heterocycles. The lowest BCUT2D eigenvalue weighted by Gasteiger charge is -2.30. The van der Waals surface area contributed by atoms with Crippen molar-refractivity contribution in [3.05, 3.63) is 30.6 Å². The Hall–Kier alpha value is -0.780. The first-order valence-corrected chi connectivity index (χ1v) is 6.10. The summed E-state index contributed by atoms with van der Waals surface area (Å²) >= 11 is 1.65. The van der Waals surface area contributed by atoms with E-state index in [1.54, 1.807) is 22.6 Å². The van der Waals surface area contributed by atoms with E-state index in [-0.39, 0.29) is 3.57 Å². The van der Waals surface area contributed by atoms with E-state index in [0.717, 1.165) is 6.20 Å². The first-order chi connectivity index (χ1) is 8.41. The number of nitrogens with one attached hydrogen (secondary N) is 1. The fraction of sp³-hybridized carbons (Fsp3) is 0.556. The monoisotopic (exact) mass is 372 g/mol. The SMILES string of the molecule is O=c1[nH]c(=O)n([C@@]2(O)[C@@H](F)CO[C@@H]2CO)cc1I. The van der Waals surface area contributed by atoms with Crippen LogP contribution in [0.25, 0.3) is 0 Å². The van der Waals surface area contributed by atoms with Crippen LogP contribution in [0.15, 0.2) is 15.8 Å². The molecule has 1 aliphatic heterocycles. The highest BCUT2D eigenvalue weighted by molar-refractivity contribution is 14.1. The zero-order chi connectivity index (χ0) is 13.5. The summed E-state index contributed by atoms with van der Waals surface area (Å²) in [5, 5.41) is 19.3. The van der Waals surface area contributed by atoms with Gasteiger partial charge >= 0.3 is 5.69 Å². The molecule has 7 nitrogen and oxygen atoms in total. The molecule has 1 saturated heterocycles. The molecule has 2 rings (SSSR count). The summed E-state index contributed by atoms with van der Waals surface area (Å²) in [5.41, 5.74) is -3.92. The second kappa shape index (κ2) is 4.72. The Morgan fingerprint density at radius 3 is 2.94 bits per heavy atom. The average Bonchev–Trinajstić information content (AvgIpc) is 2.61. The second-order valence-electron chi connectivity index (χ2n) is 3.86. The second-order valence-corrected chi connectivity index (χ2v) is 5.02. The molecule has 3 N–H and O–H groups in total. The Kier molecular flexibility index (Phi) is 3.58. The van der Waals surface area contributed by atoms with Crippen LogP contribution in [0.3, 0.4) is 0 Å². The summed E-state index contributed by atoms with van der Waals surface area (Å²) < 4.78 is 19.4. The normalized spacial score (nSPS) is 31.8. The van der Waals surface area contributed by atoms with Crippen molar-refractivity contribution >= 4 is 22.6 Å². The number of nitrogens with zero attached hydrogens (tertiary/aromatic N) is 1. The largest absolute Gasteiger partial charge is 0.393 e. The molecule has 0 aliphatic carbocycles. The maximum absolute atomic E-state index is 13.8. The number of rotatable bonds is 2. The average molecular weight is 372 g/mol. The zero-order valence-corrected chi connectivity index (χ0v) is 11.1. The summed E-state index contributed by atoms with van der Waals surface area (Å²) in [4.78, 5) is 24.8. The Morgan fingerprint density at radius 1 is 1.67 bits per heavy atom. The molecule has 1 aromatic heterocycles. The first kappa shape index (κ1) is 13.6. The van der Waals surface area contributed by atoms with Gasteiger partial charge in [0.25, 0.3) is 5.56 Å². The molecule has 0 bridgehead atoms. The van der Waals surface area contributed by atoms with Crippen LogP contribution in [0.5, 0.6) is 0 Å². The van der Waals surface area contributed by atoms with Gasteiger partial charge in [0.1, 0.15) is 6.10 Å². The van der Waals surface area contributed by atoms with Crippen LogP contribution in [-0.4, -0.2) is 45.3 Å². The van der Waals surface area contributed by atoms with E-state index in [0.29, 0.717) is 4.57 Å². The fourth-order valence-electron chi connectivity index (χ4n) is 1.85. The molecule has 0 spiro atoms. The smallest absolute Gasteiger partial charge is 0.330 e. The number of aromatic nitrogens is 2.